The molecule has 8 nitrogen and oxygen atoms in total. The molecule has 3 rings (SSSR count). The Balaban J connectivity index is 1.90. The summed E-state index contributed by atoms with van der Waals surface area (Å²) in [5, 5.41) is 3.12. The van der Waals surface area contributed by atoms with E-state index in [0.717, 1.165) is 5.69 Å². The van der Waals surface area contributed by atoms with Crippen molar-refractivity contribution in [1.82, 2.24) is 24.9 Å². The molecule has 0 fully saturated rings. The number of nitrogens with one attached hydrogen (secondary N) is 2. The van der Waals surface area contributed by atoms with E-state index in [1.165, 1.54) is 0 Å². The number of fused-ring (bicyclic) bond motifs is 1. The molecule has 0 spiro atoms. The number of ether oxygens (including phenoxy) is 1. The minimum atomic E-state index is 0.158. The molecule has 4 N–H and O–H groups in total. The van der Waals surface area contributed by atoms with Crippen LogP contribution >= 0.6 is 0 Å². The maximum atomic E-state index is 5.65. The zero-order chi connectivity index (χ0) is 13.9. The number of hydrogen-bond acceptors (Lipinski definition) is 7. The summed E-state index contributed by atoms with van der Waals surface area (Å²) >= 11 is 0. The average molecular weight is 271 g/mol. The maximum Gasteiger partial charge on any atom is 0.224 e. The fourth-order valence-corrected chi connectivity index (χ4v) is 1.76. The summed E-state index contributed by atoms with van der Waals surface area (Å²) in [6.07, 6.45) is 3.20. The Morgan fingerprint density at radius 2 is 2.20 bits per heavy atom. The van der Waals surface area contributed by atoms with E-state index in [4.69, 9.17) is 10.5 Å². The fourth-order valence-electron chi connectivity index (χ4n) is 1.76. The smallest absolute Gasteiger partial charge is 0.224 e. The fraction of sp³-hybridized carbons (Fsp3) is 0.167. The number of H-pyrrole nitrogens is 1. The molecule has 0 bridgehead atoms. The predicted octanol–water partition coefficient (Wildman–Crippen LogP) is 1.47. The lowest BCUT2D eigenvalue weighted by atomic mass is 10.4. The molecule has 0 atom stereocenters. The van der Waals surface area contributed by atoms with Crippen molar-refractivity contribution in [3.8, 4) is 5.88 Å². The Kier molecular flexibility index (Phi) is 3.04. The van der Waals surface area contributed by atoms with E-state index < -0.39 is 0 Å². The van der Waals surface area contributed by atoms with Gasteiger partial charge in [0.05, 0.1) is 24.8 Å². The number of pyridine rings is 1. The van der Waals surface area contributed by atoms with Crippen LogP contribution in [-0.4, -0.2) is 31.5 Å². The monoisotopic (exact) mass is 271 g/mol. The van der Waals surface area contributed by atoms with Crippen LogP contribution in [0.25, 0.3) is 11.2 Å². The van der Waals surface area contributed by atoms with Crippen LogP contribution in [0.2, 0.25) is 0 Å². The largest absolute Gasteiger partial charge is 0.478 e. The SMILES string of the molecule is CCOc1ccc(Nc2nc(N)nc3nc[nH]c23)cn1. The molecule has 3 heterocycles. The molecule has 0 saturated carbocycles. The van der Waals surface area contributed by atoms with Crippen molar-refractivity contribution in [2.75, 3.05) is 17.7 Å². The molecule has 3 aromatic rings. The van der Waals surface area contributed by atoms with Crippen LogP contribution in [0, 0.1) is 0 Å². The lowest BCUT2D eigenvalue weighted by Crippen LogP contribution is -2.02. The number of aromatic nitrogens is 5. The van der Waals surface area contributed by atoms with E-state index in [9.17, 15) is 0 Å². The molecule has 0 aliphatic carbocycles. The Labute approximate surface area is 114 Å². The first kappa shape index (κ1) is 12.2. The van der Waals surface area contributed by atoms with Crippen molar-refractivity contribution in [3.05, 3.63) is 24.7 Å². The van der Waals surface area contributed by atoms with Gasteiger partial charge in [0.15, 0.2) is 11.5 Å². The van der Waals surface area contributed by atoms with Crippen LogP contribution in [0.4, 0.5) is 17.5 Å². The average Bonchev–Trinajstić information content (AvgIpc) is 2.89. The van der Waals surface area contributed by atoms with Crippen molar-refractivity contribution >= 4 is 28.6 Å². The van der Waals surface area contributed by atoms with Gasteiger partial charge in [-0.3, -0.25) is 0 Å². The first-order chi connectivity index (χ1) is 9.76. The van der Waals surface area contributed by atoms with Gasteiger partial charge in [0.1, 0.15) is 5.52 Å². The number of nitrogen functional groups attached to an aromatic ring is 1. The zero-order valence-corrected chi connectivity index (χ0v) is 10.8. The van der Waals surface area contributed by atoms with Crippen molar-refractivity contribution in [1.29, 1.82) is 0 Å². The summed E-state index contributed by atoms with van der Waals surface area (Å²) in [4.78, 5) is 19.4. The highest BCUT2D eigenvalue weighted by Crippen LogP contribution is 2.22. The Hall–Kier alpha value is -2.90. The van der Waals surface area contributed by atoms with E-state index >= 15 is 0 Å². The van der Waals surface area contributed by atoms with Gasteiger partial charge in [-0.05, 0) is 13.0 Å². The minimum absolute atomic E-state index is 0.158. The van der Waals surface area contributed by atoms with Crippen molar-refractivity contribution in [2.45, 2.75) is 6.92 Å². The van der Waals surface area contributed by atoms with Gasteiger partial charge in [0, 0.05) is 6.07 Å². The summed E-state index contributed by atoms with van der Waals surface area (Å²) in [5.41, 5.74) is 7.62. The van der Waals surface area contributed by atoms with Crippen LogP contribution in [0.3, 0.4) is 0 Å². The van der Waals surface area contributed by atoms with Gasteiger partial charge in [0.25, 0.3) is 0 Å². The van der Waals surface area contributed by atoms with Gasteiger partial charge in [-0.2, -0.15) is 9.97 Å². The zero-order valence-electron chi connectivity index (χ0n) is 10.8. The number of nitrogens with two attached hydrogens (primary N) is 1. The van der Waals surface area contributed by atoms with E-state index in [-0.39, 0.29) is 5.95 Å². The quantitative estimate of drug-likeness (QED) is 0.658. The molecular weight excluding hydrogens is 258 g/mol. The molecule has 0 aromatic carbocycles. The highest BCUT2D eigenvalue weighted by Gasteiger charge is 2.08. The standard InChI is InChI=1S/C12H13N7O/c1-2-20-8-4-3-7(5-14-8)17-11-9-10(16-6-15-9)18-12(13)19-11/h3-6H,2H2,1H3,(H4,13,15,16,17,18,19). The number of anilines is 3. The second kappa shape index (κ2) is 5.00. The van der Waals surface area contributed by atoms with Gasteiger partial charge in [-0.25, -0.2) is 9.97 Å². The van der Waals surface area contributed by atoms with E-state index in [1.807, 2.05) is 13.0 Å². The summed E-state index contributed by atoms with van der Waals surface area (Å²) in [6.45, 7) is 2.49. The highest BCUT2D eigenvalue weighted by molar-refractivity contribution is 5.85. The molecule has 0 aliphatic heterocycles. The third-order valence-corrected chi connectivity index (χ3v) is 2.59. The lowest BCUT2D eigenvalue weighted by Gasteiger charge is -2.07. The van der Waals surface area contributed by atoms with Crippen LogP contribution in [0.1, 0.15) is 6.92 Å². The second-order valence-corrected chi connectivity index (χ2v) is 3.97. The van der Waals surface area contributed by atoms with Crippen molar-refractivity contribution in [2.24, 2.45) is 0 Å². The molecule has 0 aliphatic rings. The summed E-state index contributed by atoms with van der Waals surface area (Å²) in [6, 6.07) is 3.62. The van der Waals surface area contributed by atoms with E-state index in [0.29, 0.717) is 29.5 Å². The first-order valence-corrected chi connectivity index (χ1v) is 6.08. The molecule has 0 unspecified atom stereocenters. The minimum Gasteiger partial charge on any atom is -0.478 e. The Morgan fingerprint density at radius 1 is 1.30 bits per heavy atom. The third-order valence-electron chi connectivity index (χ3n) is 2.59. The molecule has 0 radical (unpaired) electrons. The molecular formula is C12H13N7O. The number of rotatable bonds is 4. The van der Waals surface area contributed by atoms with Gasteiger partial charge in [-0.15, -0.1) is 0 Å². The summed E-state index contributed by atoms with van der Waals surface area (Å²) in [7, 11) is 0. The molecule has 20 heavy (non-hydrogen) atoms. The van der Waals surface area contributed by atoms with Crippen molar-refractivity contribution in [3.63, 3.8) is 0 Å². The lowest BCUT2D eigenvalue weighted by molar-refractivity contribution is 0.327. The second-order valence-electron chi connectivity index (χ2n) is 3.97. The van der Waals surface area contributed by atoms with Crippen LogP contribution in [-0.2, 0) is 0 Å². The summed E-state index contributed by atoms with van der Waals surface area (Å²) in [5.74, 6) is 1.29. The highest BCUT2D eigenvalue weighted by atomic mass is 16.5. The molecule has 102 valence electrons. The van der Waals surface area contributed by atoms with Crippen LogP contribution in [0.15, 0.2) is 24.7 Å². The Bertz CT molecular complexity index is 722. The topological polar surface area (TPSA) is 115 Å². The number of nitrogens with zero attached hydrogens (tertiary/aromatic N) is 4. The molecule has 0 amide bonds. The van der Waals surface area contributed by atoms with Gasteiger partial charge in [-0.1, -0.05) is 0 Å². The van der Waals surface area contributed by atoms with Gasteiger partial charge < -0.3 is 20.8 Å². The summed E-state index contributed by atoms with van der Waals surface area (Å²) < 4.78 is 5.29. The molecule has 3 aromatic heterocycles. The normalized spacial score (nSPS) is 10.7. The first-order valence-electron chi connectivity index (χ1n) is 6.08. The Morgan fingerprint density at radius 3 is 2.95 bits per heavy atom. The molecule has 0 saturated heterocycles. The maximum absolute atomic E-state index is 5.65. The predicted molar refractivity (Wildman–Crippen MR) is 74.8 cm³/mol. The van der Waals surface area contributed by atoms with Crippen LogP contribution < -0.4 is 15.8 Å². The van der Waals surface area contributed by atoms with E-state index in [1.54, 1.807) is 18.6 Å². The third kappa shape index (κ3) is 2.30. The van der Waals surface area contributed by atoms with Gasteiger partial charge in [0.2, 0.25) is 11.8 Å². The van der Waals surface area contributed by atoms with Crippen LogP contribution in [0.5, 0.6) is 5.88 Å². The van der Waals surface area contributed by atoms with Crippen molar-refractivity contribution < 1.29 is 4.74 Å². The van der Waals surface area contributed by atoms with E-state index in [2.05, 4.69) is 30.2 Å². The number of aromatic amines is 1. The number of imidazole rings is 1. The molecule has 8 heteroatoms. The number of hydrogen-bond donors (Lipinski definition) is 3. The van der Waals surface area contributed by atoms with Gasteiger partial charge >= 0.3 is 0 Å².